The summed E-state index contributed by atoms with van der Waals surface area (Å²) in [6.45, 7) is 0. The van der Waals surface area contributed by atoms with Crippen molar-refractivity contribution in [3.05, 3.63) is 12.7 Å². The van der Waals surface area contributed by atoms with Crippen molar-refractivity contribution >= 4 is 17.0 Å². The molecule has 3 N–H and O–H groups in total. The predicted molar refractivity (Wildman–Crippen MR) is 44.3 cm³/mol. The number of rotatable bonds is 1. The van der Waals surface area contributed by atoms with Crippen molar-refractivity contribution in [2.75, 3.05) is 12.1 Å². The van der Waals surface area contributed by atoms with Crippen LogP contribution in [0.2, 0.25) is 0 Å². The first-order valence-corrected chi connectivity index (χ1v) is 3.41. The Morgan fingerprint density at radius 1 is 1.42 bits per heavy atom. The molecule has 0 saturated carbocycles. The lowest BCUT2D eigenvalue weighted by Gasteiger charge is -2.09. The van der Waals surface area contributed by atoms with Crippen molar-refractivity contribution in [1.29, 1.82) is 0 Å². The molecule has 62 valence electrons. The quantitative estimate of drug-likeness (QED) is 0.445. The molecule has 0 unspecified atom stereocenters. The van der Waals surface area contributed by atoms with Gasteiger partial charge in [0, 0.05) is 7.05 Å². The summed E-state index contributed by atoms with van der Waals surface area (Å²) in [5, 5.41) is 1.42. The van der Waals surface area contributed by atoms with Crippen molar-refractivity contribution in [3.8, 4) is 0 Å². The fraction of sp³-hybridized carbons (Fsp3) is 0.167. The van der Waals surface area contributed by atoms with Gasteiger partial charge >= 0.3 is 0 Å². The SMILES string of the molecule is CN(N)c1ncnc2nc[nH]c12. The lowest BCUT2D eigenvalue weighted by molar-refractivity contribution is 0.974. The van der Waals surface area contributed by atoms with Crippen molar-refractivity contribution in [1.82, 2.24) is 19.9 Å². The minimum atomic E-state index is 0.623. The molecule has 0 aliphatic carbocycles. The molecule has 2 heterocycles. The number of fused-ring (bicyclic) bond motifs is 1. The Balaban J connectivity index is 2.73. The van der Waals surface area contributed by atoms with Crippen LogP contribution >= 0.6 is 0 Å². The van der Waals surface area contributed by atoms with Crippen LogP contribution in [0.5, 0.6) is 0 Å². The number of nitrogens with one attached hydrogen (secondary N) is 1. The molecule has 6 heteroatoms. The predicted octanol–water partition coefficient (Wildman–Crippen LogP) is -0.337. The molecule has 0 fully saturated rings. The van der Waals surface area contributed by atoms with E-state index in [4.69, 9.17) is 5.84 Å². The van der Waals surface area contributed by atoms with Gasteiger partial charge in [0.25, 0.3) is 0 Å². The van der Waals surface area contributed by atoms with Gasteiger partial charge in [0.15, 0.2) is 11.5 Å². The molecule has 0 aliphatic heterocycles. The number of H-pyrrole nitrogens is 1. The Labute approximate surface area is 68.4 Å². The van der Waals surface area contributed by atoms with Crippen molar-refractivity contribution in [3.63, 3.8) is 0 Å². The van der Waals surface area contributed by atoms with E-state index in [0.29, 0.717) is 11.5 Å². The third-order valence-corrected chi connectivity index (χ3v) is 1.54. The zero-order chi connectivity index (χ0) is 8.55. The van der Waals surface area contributed by atoms with E-state index in [-0.39, 0.29) is 0 Å². The number of nitrogens with zero attached hydrogens (tertiary/aromatic N) is 4. The number of aromatic amines is 1. The van der Waals surface area contributed by atoms with Gasteiger partial charge in [0.1, 0.15) is 11.8 Å². The molecule has 2 rings (SSSR count). The molecule has 0 radical (unpaired) electrons. The van der Waals surface area contributed by atoms with Gasteiger partial charge in [-0.25, -0.2) is 20.8 Å². The minimum Gasteiger partial charge on any atom is -0.340 e. The highest BCUT2D eigenvalue weighted by Crippen LogP contribution is 2.15. The van der Waals surface area contributed by atoms with Crippen LogP contribution in [0.25, 0.3) is 11.2 Å². The molecular weight excluding hydrogens is 156 g/mol. The molecule has 0 bridgehead atoms. The van der Waals surface area contributed by atoms with Crippen LogP contribution in [-0.2, 0) is 0 Å². The van der Waals surface area contributed by atoms with Gasteiger partial charge in [-0.05, 0) is 0 Å². The van der Waals surface area contributed by atoms with Crippen LogP contribution in [0.4, 0.5) is 5.82 Å². The summed E-state index contributed by atoms with van der Waals surface area (Å²) in [6.07, 6.45) is 2.99. The lowest BCUT2D eigenvalue weighted by atomic mass is 10.5. The van der Waals surface area contributed by atoms with Crippen LogP contribution in [0.15, 0.2) is 12.7 Å². The number of anilines is 1. The first kappa shape index (κ1) is 6.99. The second-order valence-electron chi connectivity index (χ2n) is 2.41. The summed E-state index contributed by atoms with van der Waals surface area (Å²) in [5.74, 6) is 6.17. The molecule has 0 saturated heterocycles. The van der Waals surface area contributed by atoms with E-state index in [1.807, 2.05) is 0 Å². The van der Waals surface area contributed by atoms with Gasteiger partial charge in [-0.3, -0.25) is 5.01 Å². The number of hydrogen-bond donors (Lipinski definition) is 2. The Bertz CT molecular complexity index is 392. The van der Waals surface area contributed by atoms with Crippen LogP contribution in [0, 0.1) is 0 Å². The number of hydrogen-bond acceptors (Lipinski definition) is 5. The summed E-state index contributed by atoms with van der Waals surface area (Å²) >= 11 is 0. The zero-order valence-corrected chi connectivity index (χ0v) is 6.52. The summed E-state index contributed by atoms with van der Waals surface area (Å²) < 4.78 is 0. The summed E-state index contributed by atoms with van der Waals surface area (Å²) in [6, 6.07) is 0. The lowest BCUT2D eigenvalue weighted by Crippen LogP contribution is -2.26. The largest absolute Gasteiger partial charge is 0.340 e. The van der Waals surface area contributed by atoms with Gasteiger partial charge in [-0.15, -0.1) is 0 Å². The third-order valence-electron chi connectivity index (χ3n) is 1.54. The van der Waals surface area contributed by atoms with Crippen LogP contribution in [-0.4, -0.2) is 27.0 Å². The van der Waals surface area contributed by atoms with Crippen molar-refractivity contribution in [2.45, 2.75) is 0 Å². The second kappa shape index (κ2) is 2.42. The molecule has 0 spiro atoms. The Hall–Kier alpha value is -1.69. The average molecular weight is 164 g/mol. The fourth-order valence-corrected chi connectivity index (χ4v) is 1.02. The fourth-order valence-electron chi connectivity index (χ4n) is 1.02. The molecule has 2 aromatic heterocycles. The molecule has 0 aliphatic rings. The van der Waals surface area contributed by atoms with E-state index in [9.17, 15) is 0 Å². The number of hydrazine groups is 1. The smallest absolute Gasteiger partial charge is 0.182 e. The second-order valence-corrected chi connectivity index (χ2v) is 2.41. The monoisotopic (exact) mass is 164 g/mol. The number of imidazole rings is 1. The van der Waals surface area contributed by atoms with Gasteiger partial charge in [0.05, 0.1) is 6.33 Å². The van der Waals surface area contributed by atoms with E-state index >= 15 is 0 Å². The number of nitrogens with two attached hydrogens (primary N) is 1. The Morgan fingerprint density at radius 3 is 3.00 bits per heavy atom. The van der Waals surface area contributed by atoms with E-state index in [0.717, 1.165) is 5.52 Å². The molecule has 6 nitrogen and oxygen atoms in total. The zero-order valence-electron chi connectivity index (χ0n) is 6.52. The summed E-state index contributed by atoms with van der Waals surface area (Å²) in [5.41, 5.74) is 1.37. The summed E-state index contributed by atoms with van der Waals surface area (Å²) in [7, 11) is 1.71. The van der Waals surface area contributed by atoms with E-state index in [1.54, 1.807) is 13.4 Å². The summed E-state index contributed by atoms with van der Waals surface area (Å²) in [4.78, 5) is 14.8. The average Bonchev–Trinajstić information content (AvgIpc) is 2.49. The molecule has 0 amide bonds. The van der Waals surface area contributed by atoms with Crippen LogP contribution < -0.4 is 10.9 Å². The minimum absolute atomic E-state index is 0.623. The first-order valence-electron chi connectivity index (χ1n) is 3.41. The van der Waals surface area contributed by atoms with Crippen LogP contribution in [0.1, 0.15) is 0 Å². The maximum atomic E-state index is 5.53. The van der Waals surface area contributed by atoms with Gasteiger partial charge in [-0.2, -0.15) is 0 Å². The third kappa shape index (κ3) is 0.892. The Kier molecular flexibility index (Phi) is 1.41. The highest BCUT2D eigenvalue weighted by molar-refractivity contribution is 5.82. The normalized spacial score (nSPS) is 10.5. The Morgan fingerprint density at radius 2 is 2.25 bits per heavy atom. The van der Waals surface area contributed by atoms with Crippen molar-refractivity contribution < 1.29 is 0 Å². The highest BCUT2D eigenvalue weighted by Gasteiger charge is 2.06. The first-order chi connectivity index (χ1) is 5.79. The molecule has 12 heavy (non-hydrogen) atoms. The van der Waals surface area contributed by atoms with Gasteiger partial charge < -0.3 is 4.98 Å². The van der Waals surface area contributed by atoms with E-state index < -0.39 is 0 Å². The molecule has 0 aromatic carbocycles. The van der Waals surface area contributed by atoms with E-state index in [1.165, 1.54) is 11.3 Å². The van der Waals surface area contributed by atoms with Gasteiger partial charge in [-0.1, -0.05) is 0 Å². The maximum absolute atomic E-state index is 5.53. The van der Waals surface area contributed by atoms with Crippen molar-refractivity contribution in [2.24, 2.45) is 5.84 Å². The topological polar surface area (TPSA) is 83.7 Å². The highest BCUT2D eigenvalue weighted by atomic mass is 15.4. The number of aromatic nitrogens is 4. The standard InChI is InChI=1S/C6H8N6/c1-12(7)6-4-5(9-2-8-4)10-3-11-6/h2-3H,7H2,1H3,(H,8,9,10,11). The molecule has 0 atom stereocenters. The van der Waals surface area contributed by atoms with Crippen LogP contribution in [0.3, 0.4) is 0 Å². The molecule has 2 aromatic rings. The molecular formula is C6H8N6. The van der Waals surface area contributed by atoms with Gasteiger partial charge in [0.2, 0.25) is 0 Å². The van der Waals surface area contributed by atoms with E-state index in [2.05, 4.69) is 19.9 Å². The maximum Gasteiger partial charge on any atom is 0.182 e.